The Balaban J connectivity index is 1.49. The highest BCUT2D eigenvalue weighted by molar-refractivity contribution is 5.81. The Morgan fingerprint density at radius 1 is 1.20 bits per heavy atom. The summed E-state index contributed by atoms with van der Waals surface area (Å²) in [4.78, 5) is 27.8. The smallest absolute Gasteiger partial charge is 0.408 e. The molecular formula is C32H42N2O7. The lowest BCUT2D eigenvalue weighted by Gasteiger charge is -2.33. The fourth-order valence-electron chi connectivity index (χ4n) is 5.36. The van der Waals surface area contributed by atoms with Gasteiger partial charge in [-0.25, -0.2) is 9.59 Å². The van der Waals surface area contributed by atoms with Gasteiger partial charge in [0.05, 0.1) is 18.6 Å². The number of methoxy groups -OCH3 is 1. The molecule has 0 aromatic heterocycles. The van der Waals surface area contributed by atoms with E-state index in [0.717, 1.165) is 16.7 Å². The van der Waals surface area contributed by atoms with E-state index in [1.807, 2.05) is 66.4 Å². The minimum Gasteiger partial charge on any atom is -0.493 e. The first kappa shape index (κ1) is 30.4. The van der Waals surface area contributed by atoms with Crippen LogP contribution in [0.2, 0.25) is 0 Å². The van der Waals surface area contributed by atoms with Crippen LogP contribution >= 0.6 is 0 Å². The summed E-state index contributed by atoms with van der Waals surface area (Å²) in [6.07, 6.45) is 3.17. The molecule has 9 nitrogen and oxygen atoms in total. The van der Waals surface area contributed by atoms with Crippen molar-refractivity contribution in [2.45, 2.75) is 83.3 Å². The molecule has 2 aromatic rings. The quantitative estimate of drug-likeness (QED) is 0.246. The van der Waals surface area contributed by atoms with Crippen molar-refractivity contribution >= 4 is 12.1 Å². The number of hydrogen-bond donors (Lipinski definition) is 2. The average molecular weight is 567 g/mol. The van der Waals surface area contributed by atoms with Gasteiger partial charge in [0.2, 0.25) is 0 Å². The number of ether oxygens (including phenoxy) is 4. The third kappa shape index (κ3) is 7.21. The van der Waals surface area contributed by atoms with Crippen molar-refractivity contribution in [3.8, 4) is 11.5 Å². The molecule has 0 spiro atoms. The number of amides is 1. The highest BCUT2D eigenvalue weighted by Crippen LogP contribution is 2.53. The Morgan fingerprint density at radius 3 is 2.59 bits per heavy atom. The third-order valence-electron chi connectivity index (χ3n) is 7.50. The molecule has 1 unspecified atom stereocenters. The summed E-state index contributed by atoms with van der Waals surface area (Å²) in [6, 6.07) is 12.4. The van der Waals surface area contributed by atoms with Crippen LogP contribution in [-0.2, 0) is 32.6 Å². The van der Waals surface area contributed by atoms with Crippen LogP contribution in [0.3, 0.4) is 0 Å². The zero-order valence-corrected chi connectivity index (χ0v) is 24.8. The molecule has 1 aliphatic heterocycles. The molecule has 0 saturated heterocycles. The van der Waals surface area contributed by atoms with Gasteiger partial charge < -0.3 is 29.4 Å². The molecule has 41 heavy (non-hydrogen) atoms. The number of benzene rings is 2. The monoisotopic (exact) mass is 566 g/mol. The number of esters is 1. The molecule has 0 saturated carbocycles. The summed E-state index contributed by atoms with van der Waals surface area (Å²) in [5.41, 5.74) is 1.81. The van der Waals surface area contributed by atoms with E-state index in [1.54, 1.807) is 27.9 Å². The molecule has 0 radical (unpaired) electrons. The summed E-state index contributed by atoms with van der Waals surface area (Å²) in [5.74, 6) is 0.792. The van der Waals surface area contributed by atoms with Crippen molar-refractivity contribution < 1.29 is 33.6 Å². The number of aliphatic hydroxyl groups excluding tert-OH is 1. The number of nitrogens with one attached hydrogen (secondary N) is 1. The molecule has 4 rings (SSSR count). The molecule has 1 amide bonds. The van der Waals surface area contributed by atoms with Gasteiger partial charge in [0.15, 0.2) is 11.5 Å². The minimum atomic E-state index is -0.914. The standard InChI is InChI=1S/C32H42N2O7/c1-7-34(19-22-13-14-25(38-6)28-27(22)32(5)16-15-23(35)18-26(32)40-28)20-39-29(36)24(17-21-11-9-8-10-12-21)33-30(37)41-31(2,3)4/h8-16,23-24,26,35H,7,17-20H2,1-6H3,(H,33,37)/t23-,24?,26-,32+/m0/s1. The zero-order chi connectivity index (χ0) is 29.8. The average Bonchev–Trinajstić information content (AvgIpc) is 3.22. The number of nitrogens with zero attached hydrogens (tertiary/aromatic N) is 1. The van der Waals surface area contributed by atoms with E-state index in [2.05, 4.69) is 12.2 Å². The van der Waals surface area contributed by atoms with Crippen LogP contribution in [0, 0.1) is 0 Å². The second-order valence-corrected chi connectivity index (χ2v) is 11.8. The van der Waals surface area contributed by atoms with E-state index < -0.39 is 35.2 Å². The highest BCUT2D eigenvalue weighted by atomic mass is 16.6. The fraction of sp³-hybridized carbons (Fsp3) is 0.500. The first-order valence-electron chi connectivity index (χ1n) is 14.1. The van der Waals surface area contributed by atoms with Crippen molar-refractivity contribution in [3.05, 3.63) is 71.3 Å². The maximum atomic E-state index is 13.3. The zero-order valence-electron chi connectivity index (χ0n) is 24.8. The number of aliphatic hydroxyl groups is 1. The van der Waals surface area contributed by atoms with Crippen LogP contribution in [-0.4, -0.2) is 66.3 Å². The fourth-order valence-corrected chi connectivity index (χ4v) is 5.36. The Hall–Kier alpha value is -3.56. The van der Waals surface area contributed by atoms with Crippen molar-refractivity contribution in [1.82, 2.24) is 10.2 Å². The lowest BCUT2D eigenvalue weighted by atomic mass is 9.72. The summed E-state index contributed by atoms with van der Waals surface area (Å²) < 4.78 is 23.1. The van der Waals surface area contributed by atoms with Crippen LogP contribution in [0.4, 0.5) is 4.79 Å². The number of carbonyl (C=O) groups is 2. The maximum absolute atomic E-state index is 13.3. The van der Waals surface area contributed by atoms with Crippen molar-refractivity contribution in [1.29, 1.82) is 0 Å². The molecule has 4 atom stereocenters. The Labute approximate surface area is 242 Å². The van der Waals surface area contributed by atoms with Crippen LogP contribution < -0.4 is 14.8 Å². The molecular weight excluding hydrogens is 524 g/mol. The third-order valence-corrected chi connectivity index (χ3v) is 7.50. The van der Waals surface area contributed by atoms with E-state index in [-0.39, 0.29) is 19.3 Å². The van der Waals surface area contributed by atoms with E-state index >= 15 is 0 Å². The van der Waals surface area contributed by atoms with Gasteiger partial charge in [0, 0.05) is 24.9 Å². The molecule has 2 N–H and O–H groups in total. The van der Waals surface area contributed by atoms with Crippen molar-refractivity contribution in [3.63, 3.8) is 0 Å². The molecule has 222 valence electrons. The summed E-state index contributed by atoms with van der Waals surface area (Å²) in [6.45, 7) is 10.6. The lowest BCUT2D eigenvalue weighted by Crippen LogP contribution is -2.46. The van der Waals surface area contributed by atoms with Gasteiger partial charge in [0.1, 0.15) is 24.5 Å². The molecule has 1 aliphatic carbocycles. The summed E-state index contributed by atoms with van der Waals surface area (Å²) in [7, 11) is 1.61. The molecule has 2 aromatic carbocycles. The van der Waals surface area contributed by atoms with E-state index in [9.17, 15) is 14.7 Å². The maximum Gasteiger partial charge on any atom is 0.408 e. The number of carbonyl (C=O) groups excluding carboxylic acids is 2. The number of rotatable bonds is 10. The van der Waals surface area contributed by atoms with Crippen molar-refractivity contribution in [2.24, 2.45) is 0 Å². The predicted molar refractivity (Wildman–Crippen MR) is 155 cm³/mol. The Bertz CT molecular complexity index is 1260. The molecule has 9 heteroatoms. The SMILES string of the molecule is CCN(COC(=O)C(Cc1ccccc1)NC(=O)OC(C)(C)C)Cc1ccc(OC)c2c1[C@]1(C)C=C[C@H](O)C[C@@H]1O2. The van der Waals surface area contributed by atoms with Gasteiger partial charge in [-0.3, -0.25) is 4.90 Å². The van der Waals surface area contributed by atoms with Gasteiger partial charge in [-0.05, 0) is 51.4 Å². The van der Waals surface area contributed by atoms with Crippen LogP contribution in [0.15, 0.2) is 54.6 Å². The van der Waals surface area contributed by atoms with Crippen LogP contribution in [0.5, 0.6) is 11.5 Å². The predicted octanol–water partition coefficient (Wildman–Crippen LogP) is 4.49. The van der Waals surface area contributed by atoms with Crippen molar-refractivity contribution in [2.75, 3.05) is 20.4 Å². The number of fused-ring (bicyclic) bond motifs is 3. The number of hydrogen-bond acceptors (Lipinski definition) is 8. The van der Waals surface area contributed by atoms with Crippen LogP contribution in [0.1, 0.15) is 57.7 Å². The molecule has 0 bridgehead atoms. The lowest BCUT2D eigenvalue weighted by molar-refractivity contribution is -0.151. The van der Waals surface area contributed by atoms with Crippen LogP contribution in [0.25, 0.3) is 0 Å². The molecule has 2 aliphatic rings. The van der Waals surface area contributed by atoms with Gasteiger partial charge in [-0.1, -0.05) is 55.5 Å². The largest absolute Gasteiger partial charge is 0.493 e. The van der Waals surface area contributed by atoms with E-state index in [4.69, 9.17) is 18.9 Å². The molecule has 1 heterocycles. The minimum absolute atomic E-state index is 0.0347. The summed E-state index contributed by atoms with van der Waals surface area (Å²) >= 11 is 0. The summed E-state index contributed by atoms with van der Waals surface area (Å²) in [5, 5.41) is 12.9. The normalized spacial score (nSPS) is 21.9. The van der Waals surface area contributed by atoms with Gasteiger partial charge in [-0.15, -0.1) is 0 Å². The van der Waals surface area contributed by atoms with E-state index in [1.165, 1.54) is 0 Å². The Kier molecular flexibility index (Phi) is 9.29. The molecule has 0 fully saturated rings. The second-order valence-electron chi connectivity index (χ2n) is 11.8. The van der Waals surface area contributed by atoms with Gasteiger partial charge in [0.25, 0.3) is 0 Å². The highest BCUT2D eigenvalue weighted by Gasteiger charge is 2.48. The second kappa shape index (κ2) is 12.5. The van der Waals surface area contributed by atoms with E-state index in [0.29, 0.717) is 31.0 Å². The number of alkyl carbamates (subject to hydrolysis) is 1. The van der Waals surface area contributed by atoms with Gasteiger partial charge in [-0.2, -0.15) is 0 Å². The topological polar surface area (TPSA) is 107 Å². The van der Waals surface area contributed by atoms with Gasteiger partial charge >= 0.3 is 12.1 Å². The first-order valence-corrected chi connectivity index (χ1v) is 14.1. The Morgan fingerprint density at radius 2 is 1.93 bits per heavy atom. The first-order chi connectivity index (χ1) is 19.4.